The largest absolute Gasteiger partial charge is 0.278 e. The highest BCUT2D eigenvalue weighted by molar-refractivity contribution is 6.10. The molecule has 11 rings (SSSR count). The van der Waals surface area contributed by atoms with Gasteiger partial charge in [0.05, 0.1) is 33.6 Å². The number of hydrogen-bond donors (Lipinski definition) is 0. The van der Waals surface area contributed by atoms with Gasteiger partial charge < -0.3 is 0 Å². The molecule has 0 spiro atoms. The summed E-state index contributed by atoms with van der Waals surface area (Å²) in [5, 5.41) is 3.43. The SMILES string of the molecule is CC1(C)c2ccccc2-c2nc(-n3c4ccccc4c4cc(-c5cccc(-c6nc(-c7ccccc7)cc(-c7ccccc7)n6)c5)ccc43)nc3cccc1c23. The quantitative estimate of drug-likeness (QED) is 0.178. The Labute approximate surface area is 324 Å². The maximum absolute atomic E-state index is 5.40. The average Bonchev–Trinajstić information content (AvgIpc) is 3.59. The van der Waals surface area contributed by atoms with E-state index < -0.39 is 0 Å². The number of nitrogens with zero attached hydrogens (tertiary/aromatic N) is 5. The van der Waals surface area contributed by atoms with E-state index >= 15 is 0 Å². The average molecular weight is 718 g/mol. The zero-order valence-corrected chi connectivity index (χ0v) is 31.0. The molecule has 1 aliphatic carbocycles. The minimum Gasteiger partial charge on any atom is -0.278 e. The summed E-state index contributed by atoms with van der Waals surface area (Å²) in [7, 11) is 0. The maximum Gasteiger partial charge on any atom is 0.235 e. The Balaban J connectivity index is 1.06. The fourth-order valence-electron chi connectivity index (χ4n) is 8.66. The highest BCUT2D eigenvalue weighted by Gasteiger charge is 2.34. The van der Waals surface area contributed by atoms with Gasteiger partial charge in [0.2, 0.25) is 5.95 Å². The second kappa shape index (κ2) is 12.4. The van der Waals surface area contributed by atoms with Crippen LogP contribution in [0.15, 0.2) is 176 Å². The van der Waals surface area contributed by atoms with Crippen LogP contribution in [0.4, 0.5) is 0 Å². The van der Waals surface area contributed by atoms with E-state index in [2.05, 4.69) is 158 Å². The van der Waals surface area contributed by atoms with E-state index in [-0.39, 0.29) is 5.41 Å². The van der Waals surface area contributed by atoms with E-state index in [9.17, 15) is 0 Å². The maximum atomic E-state index is 5.40. The topological polar surface area (TPSA) is 56.5 Å². The Morgan fingerprint density at radius 1 is 0.429 bits per heavy atom. The third kappa shape index (κ3) is 5.01. The van der Waals surface area contributed by atoms with Gasteiger partial charge in [-0.2, -0.15) is 0 Å². The lowest BCUT2D eigenvalue weighted by Gasteiger charge is -2.34. The van der Waals surface area contributed by atoms with Gasteiger partial charge >= 0.3 is 0 Å². The molecule has 0 N–H and O–H groups in total. The van der Waals surface area contributed by atoms with Gasteiger partial charge in [0.15, 0.2) is 5.82 Å². The van der Waals surface area contributed by atoms with Crippen LogP contribution in [0.2, 0.25) is 0 Å². The van der Waals surface area contributed by atoms with Gasteiger partial charge in [0, 0.05) is 43.8 Å². The number of benzene rings is 7. The molecule has 0 saturated carbocycles. The molecule has 0 radical (unpaired) electrons. The molecule has 7 aromatic carbocycles. The Hall–Kier alpha value is -7.24. The number of para-hydroxylation sites is 1. The van der Waals surface area contributed by atoms with Crippen LogP contribution in [0.5, 0.6) is 0 Å². The first-order valence-corrected chi connectivity index (χ1v) is 19.1. The Bertz CT molecular complexity index is 3100. The summed E-state index contributed by atoms with van der Waals surface area (Å²) in [5.74, 6) is 1.36. The minimum atomic E-state index is -0.157. The fourth-order valence-corrected chi connectivity index (χ4v) is 8.66. The van der Waals surface area contributed by atoms with Crippen molar-refractivity contribution in [3.05, 3.63) is 187 Å². The monoisotopic (exact) mass is 717 g/mol. The Morgan fingerprint density at radius 2 is 1.04 bits per heavy atom. The lowest BCUT2D eigenvalue weighted by molar-refractivity contribution is 0.643. The van der Waals surface area contributed by atoms with Crippen molar-refractivity contribution in [3.63, 3.8) is 0 Å². The van der Waals surface area contributed by atoms with Crippen LogP contribution < -0.4 is 0 Å². The van der Waals surface area contributed by atoms with Gasteiger partial charge in [0.25, 0.3) is 0 Å². The zero-order valence-electron chi connectivity index (χ0n) is 31.0. The summed E-state index contributed by atoms with van der Waals surface area (Å²) in [5.41, 5.74) is 14.7. The summed E-state index contributed by atoms with van der Waals surface area (Å²) in [6.07, 6.45) is 0. The molecule has 0 unspecified atom stereocenters. The van der Waals surface area contributed by atoms with Gasteiger partial charge in [-0.3, -0.25) is 4.57 Å². The van der Waals surface area contributed by atoms with E-state index in [4.69, 9.17) is 19.9 Å². The molecule has 264 valence electrons. The van der Waals surface area contributed by atoms with Crippen LogP contribution in [0.3, 0.4) is 0 Å². The molecule has 3 aromatic heterocycles. The van der Waals surface area contributed by atoms with Crippen molar-refractivity contribution in [3.8, 4) is 62.2 Å². The standard InChI is InChI=1S/C51H35N5/c1-51(2)40-23-11-9-22-38(40)48-47-41(51)24-14-25-42(47)54-50(55-48)56-45-26-12-10-21-37(45)39-30-35(27-28-46(39)56)34-19-13-20-36(29-34)49-52-43(32-15-5-3-6-16-32)31-44(53-49)33-17-7-4-8-18-33/h3-31H,1-2H3. The highest BCUT2D eigenvalue weighted by Crippen LogP contribution is 2.48. The van der Waals surface area contributed by atoms with Gasteiger partial charge in [-0.15, -0.1) is 0 Å². The van der Waals surface area contributed by atoms with Crippen LogP contribution >= 0.6 is 0 Å². The van der Waals surface area contributed by atoms with Crippen molar-refractivity contribution < 1.29 is 0 Å². The van der Waals surface area contributed by atoms with E-state index in [1.807, 2.05) is 36.4 Å². The zero-order chi connectivity index (χ0) is 37.4. The van der Waals surface area contributed by atoms with Gasteiger partial charge in [0.1, 0.15) is 0 Å². The van der Waals surface area contributed by atoms with Crippen LogP contribution in [0.1, 0.15) is 25.0 Å². The molecular weight excluding hydrogens is 683 g/mol. The summed E-state index contributed by atoms with van der Waals surface area (Å²) < 4.78 is 2.23. The number of aromatic nitrogens is 5. The summed E-state index contributed by atoms with van der Waals surface area (Å²) in [4.78, 5) is 20.9. The van der Waals surface area contributed by atoms with E-state index in [1.165, 1.54) is 16.7 Å². The summed E-state index contributed by atoms with van der Waals surface area (Å²) in [6, 6.07) is 61.7. The van der Waals surface area contributed by atoms with Gasteiger partial charge in [-0.05, 0) is 58.7 Å². The van der Waals surface area contributed by atoms with Crippen LogP contribution in [0, 0.1) is 0 Å². The fraction of sp³-hybridized carbons (Fsp3) is 0.0588. The van der Waals surface area contributed by atoms with E-state index in [0.717, 1.165) is 77.6 Å². The molecule has 5 heteroatoms. The molecule has 0 fully saturated rings. The third-order valence-corrected chi connectivity index (χ3v) is 11.4. The number of fused-ring (bicyclic) bond motifs is 5. The summed E-state index contributed by atoms with van der Waals surface area (Å²) in [6.45, 7) is 4.60. The second-order valence-electron chi connectivity index (χ2n) is 15.1. The smallest absolute Gasteiger partial charge is 0.235 e. The van der Waals surface area contributed by atoms with Crippen LogP contribution in [-0.2, 0) is 5.41 Å². The Morgan fingerprint density at radius 3 is 1.82 bits per heavy atom. The van der Waals surface area contributed by atoms with Crippen molar-refractivity contribution in [1.29, 1.82) is 0 Å². The molecule has 1 aliphatic rings. The predicted molar refractivity (Wildman–Crippen MR) is 229 cm³/mol. The van der Waals surface area contributed by atoms with Crippen molar-refractivity contribution in [2.45, 2.75) is 19.3 Å². The molecule has 5 nitrogen and oxygen atoms in total. The summed E-state index contributed by atoms with van der Waals surface area (Å²) >= 11 is 0. The van der Waals surface area contributed by atoms with Crippen molar-refractivity contribution >= 4 is 32.7 Å². The molecule has 10 aromatic rings. The molecule has 0 bridgehead atoms. The van der Waals surface area contributed by atoms with Crippen molar-refractivity contribution in [2.24, 2.45) is 0 Å². The van der Waals surface area contributed by atoms with Crippen molar-refractivity contribution in [2.75, 3.05) is 0 Å². The molecule has 0 aliphatic heterocycles. The third-order valence-electron chi connectivity index (χ3n) is 11.4. The van der Waals surface area contributed by atoms with E-state index in [0.29, 0.717) is 11.8 Å². The highest BCUT2D eigenvalue weighted by atomic mass is 15.2. The normalized spacial score (nSPS) is 13.0. The molecule has 0 amide bonds. The molecular formula is C51H35N5. The number of rotatable bonds is 5. The minimum absolute atomic E-state index is 0.157. The molecule has 56 heavy (non-hydrogen) atoms. The van der Waals surface area contributed by atoms with Gasteiger partial charge in [-0.25, -0.2) is 19.9 Å². The molecule has 0 saturated heterocycles. The van der Waals surface area contributed by atoms with E-state index in [1.54, 1.807) is 0 Å². The second-order valence-corrected chi connectivity index (χ2v) is 15.1. The first kappa shape index (κ1) is 32.2. The Kier molecular flexibility index (Phi) is 7.13. The first-order valence-electron chi connectivity index (χ1n) is 19.1. The van der Waals surface area contributed by atoms with Crippen LogP contribution in [-0.4, -0.2) is 24.5 Å². The molecule has 3 heterocycles. The lowest BCUT2D eigenvalue weighted by Crippen LogP contribution is -2.24. The number of hydrogen-bond acceptors (Lipinski definition) is 4. The van der Waals surface area contributed by atoms with Crippen LogP contribution in [0.25, 0.3) is 94.9 Å². The van der Waals surface area contributed by atoms with Gasteiger partial charge in [-0.1, -0.05) is 153 Å². The predicted octanol–water partition coefficient (Wildman–Crippen LogP) is 12.5. The molecule has 0 atom stereocenters. The first-order chi connectivity index (χ1) is 27.5. The lowest BCUT2D eigenvalue weighted by atomic mass is 9.70. The van der Waals surface area contributed by atoms with Crippen molar-refractivity contribution in [1.82, 2.24) is 24.5 Å².